The summed E-state index contributed by atoms with van der Waals surface area (Å²) in [4.78, 5) is 4.39. The lowest BCUT2D eigenvalue weighted by Gasteiger charge is -2.15. The molecule has 1 saturated carbocycles. The molecule has 0 unspecified atom stereocenters. The van der Waals surface area contributed by atoms with Gasteiger partial charge in [0.05, 0.1) is 0 Å². The van der Waals surface area contributed by atoms with Crippen LogP contribution in [0.3, 0.4) is 0 Å². The van der Waals surface area contributed by atoms with Crippen LogP contribution in [0.4, 0.5) is 0 Å². The molecule has 0 amide bonds. The van der Waals surface area contributed by atoms with Gasteiger partial charge >= 0.3 is 0 Å². The molecule has 1 heterocycles. The Hall–Kier alpha value is -0.900. The molecule has 90 valence electrons. The van der Waals surface area contributed by atoms with E-state index in [1.165, 1.54) is 12.8 Å². The quantitative estimate of drug-likeness (QED) is 0.762. The van der Waals surface area contributed by atoms with E-state index >= 15 is 0 Å². The standard InChI is InChI=1S/C12H22N4/c1-3-7-16-11(14-10-15-16)8-12(5-6-12)9-13-4-2/h10,13H,3-9H2,1-2H3. The highest BCUT2D eigenvalue weighted by Crippen LogP contribution is 2.47. The van der Waals surface area contributed by atoms with Crippen molar-refractivity contribution >= 4 is 0 Å². The third kappa shape index (κ3) is 2.61. The molecule has 4 nitrogen and oxygen atoms in total. The second-order valence-corrected chi connectivity index (χ2v) is 4.86. The Labute approximate surface area is 97.5 Å². The fourth-order valence-corrected chi connectivity index (χ4v) is 2.14. The summed E-state index contributed by atoms with van der Waals surface area (Å²) in [7, 11) is 0. The van der Waals surface area contributed by atoms with E-state index in [2.05, 4.69) is 33.9 Å². The topological polar surface area (TPSA) is 42.7 Å². The van der Waals surface area contributed by atoms with Gasteiger partial charge in [-0.25, -0.2) is 4.98 Å². The third-order valence-corrected chi connectivity index (χ3v) is 3.37. The smallest absolute Gasteiger partial charge is 0.138 e. The zero-order valence-electron chi connectivity index (χ0n) is 10.4. The molecule has 0 aromatic carbocycles. The number of rotatable bonds is 7. The van der Waals surface area contributed by atoms with Crippen molar-refractivity contribution in [2.24, 2.45) is 5.41 Å². The summed E-state index contributed by atoms with van der Waals surface area (Å²) >= 11 is 0. The molecule has 0 saturated heterocycles. The lowest BCUT2D eigenvalue weighted by Crippen LogP contribution is -2.26. The Morgan fingerprint density at radius 2 is 2.25 bits per heavy atom. The summed E-state index contributed by atoms with van der Waals surface area (Å²) in [5, 5.41) is 7.74. The predicted molar refractivity (Wildman–Crippen MR) is 64.2 cm³/mol. The van der Waals surface area contributed by atoms with Crippen molar-refractivity contribution in [1.29, 1.82) is 0 Å². The van der Waals surface area contributed by atoms with Crippen LogP contribution in [0.1, 0.15) is 38.9 Å². The van der Waals surface area contributed by atoms with E-state index < -0.39 is 0 Å². The molecule has 1 aromatic rings. The van der Waals surface area contributed by atoms with Crippen LogP contribution in [0.15, 0.2) is 6.33 Å². The molecule has 4 heteroatoms. The highest BCUT2D eigenvalue weighted by atomic mass is 15.3. The van der Waals surface area contributed by atoms with Crippen molar-refractivity contribution in [3.05, 3.63) is 12.2 Å². The zero-order valence-corrected chi connectivity index (χ0v) is 10.4. The van der Waals surface area contributed by atoms with E-state index in [9.17, 15) is 0 Å². The average molecular weight is 222 g/mol. The van der Waals surface area contributed by atoms with Crippen LogP contribution < -0.4 is 5.32 Å². The molecule has 1 aromatic heterocycles. The molecule has 0 spiro atoms. The Morgan fingerprint density at radius 1 is 1.44 bits per heavy atom. The number of nitrogens with zero attached hydrogens (tertiary/aromatic N) is 3. The largest absolute Gasteiger partial charge is 0.316 e. The van der Waals surface area contributed by atoms with Gasteiger partial charge in [-0.15, -0.1) is 0 Å². The highest BCUT2D eigenvalue weighted by Gasteiger charge is 2.43. The number of nitrogens with one attached hydrogen (secondary N) is 1. The Morgan fingerprint density at radius 3 is 2.88 bits per heavy atom. The van der Waals surface area contributed by atoms with E-state index in [0.29, 0.717) is 5.41 Å². The third-order valence-electron chi connectivity index (χ3n) is 3.37. The van der Waals surface area contributed by atoms with Gasteiger partial charge in [-0.3, -0.25) is 4.68 Å². The van der Waals surface area contributed by atoms with Gasteiger partial charge in [0.15, 0.2) is 0 Å². The predicted octanol–water partition coefficient (Wildman–Crippen LogP) is 1.62. The van der Waals surface area contributed by atoms with E-state index in [1.807, 2.05) is 0 Å². The van der Waals surface area contributed by atoms with E-state index in [0.717, 1.165) is 38.3 Å². The van der Waals surface area contributed by atoms with Gasteiger partial charge in [-0.1, -0.05) is 13.8 Å². The van der Waals surface area contributed by atoms with Crippen LogP contribution in [0, 0.1) is 5.41 Å². The summed E-state index contributed by atoms with van der Waals surface area (Å²) in [5.41, 5.74) is 0.481. The first-order valence-corrected chi connectivity index (χ1v) is 6.37. The monoisotopic (exact) mass is 222 g/mol. The molecule has 0 radical (unpaired) electrons. The van der Waals surface area contributed by atoms with Crippen molar-refractivity contribution < 1.29 is 0 Å². The number of aryl methyl sites for hydroxylation is 1. The van der Waals surface area contributed by atoms with Crippen molar-refractivity contribution in [1.82, 2.24) is 20.1 Å². The molecule has 1 N–H and O–H groups in total. The number of hydrogen-bond donors (Lipinski definition) is 1. The molecule has 0 atom stereocenters. The summed E-state index contributed by atoms with van der Waals surface area (Å²) in [6.45, 7) is 7.52. The maximum Gasteiger partial charge on any atom is 0.138 e. The lowest BCUT2D eigenvalue weighted by atomic mass is 10.0. The summed E-state index contributed by atoms with van der Waals surface area (Å²) < 4.78 is 2.06. The minimum atomic E-state index is 0.481. The first-order valence-electron chi connectivity index (χ1n) is 6.37. The van der Waals surface area contributed by atoms with Gasteiger partial charge < -0.3 is 5.32 Å². The van der Waals surface area contributed by atoms with Crippen LogP contribution in [-0.4, -0.2) is 27.9 Å². The highest BCUT2D eigenvalue weighted by molar-refractivity contribution is 5.03. The molecular weight excluding hydrogens is 200 g/mol. The van der Waals surface area contributed by atoms with Crippen molar-refractivity contribution in [3.63, 3.8) is 0 Å². The van der Waals surface area contributed by atoms with Gasteiger partial charge in [-0.05, 0) is 31.2 Å². The molecule has 1 fully saturated rings. The Kier molecular flexibility index (Phi) is 3.59. The van der Waals surface area contributed by atoms with Gasteiger partial charge in [0, 0.05) is 19.5 Å². The maximum absolute atomic E-state index is 4.39. The van der Waals surface area contributed by atoms with Crippen molar-refractivity contribution in [2.75, 3.05) is 13.1 Å². The fraction of sp³-hybridized carbons (Fsp3) is 0.833. The van der Waals surface area contributed by atoms with E-state index in [1.54, 1.807) is 6.33 Å². The van der Waals surface area contributed by atoms with Crippen LogP contribution in [0.2, 0.25) is 0 Å². The fourth-order valence-electron chi connectivity index (χ4n) is 2.14. The first kappa shape index (κ1) is 11.6. The molecule has 1 aliphatic rings. The second kappa shape index (κ2) is 4.95. The summed E-state index contributed by atoms with van der Waals surface area (Å²) in [6.07, 6.45) is 6.56. The summed E-state index contributed by atoms with van der Waals surface area (Å²) in [5.74, 6) is 1.16. The molecule has 0 bridgehead atoms. The summed E-state index contributed by atoms with van der Waals surface area (Å²) in [6, 6.07) is 0. The van der Waals surface area contributed by atoms with E-state index in [4.69, 9.17) is 0 Å². The average Bonchev–Trinajstić information content (AvgIpc) is 2.92. The second-order valence-electron chi connectivity index (χ2n) is 4.86. The maximum atomic E-state index is 4.39. The zero-order chi connectivity index (χ0) is 11.4. The van der Waals surface area contributed by atoms with E-state index in [-0.39, 0.29) is 0 Å². The van der Waals surface area contributed by atoms with Crippen LogP contribution in [0.25, 0.3) is 0 Å². The van der Waals surface area contributed by atoms with Gasteiger partial charge in [-0.2, -0.15) is 5.10 Å². The van der Waals surface area contributed by atoms with Crippen LogP contribution in [-0.2, 0) is 13.0 Å². The number of aromatic nitrogens is 3. The first-order chi connectivity index (χ1) is 7.79. The molecule has 2 rings (SSSR count). The minimum Gasteiger partial charge on any atom is -0.316 e. The van der Waals surface area contributed by atoms with Crippen molar-refractivity contribution in [3.8, 4) is 0 Å². The Balaban J connectivity index is 1.95. The number of hydrogen-bond acceptors (Lipinski definition) is 3. The molecule has 16 heavy (non-hydrogen) atoms. The molecular formula is C12H22N4. The normalized spacial score (nSPS) is 17.6. The molecule has 0 aliphatic heterocycles. The molecule has 1 aliphatic carbocycles. The van der Waals surface area contributed by atoms with Gasteiger partial charge in [0.1, 0.15) is 12.2 Å². The van der Waals surface area contributed by atoms with Crippen molar-refractivity contribution in [2.45, 2.75) is 46.1 Å². The minimum absolute atomic E-state index is 0.481. The van der Waals surface area contributed by atoms with Crippen LogP contribution >= 0.6 is 0 Å². The Bertz CT molecular complexity index is 328. The van der Waals surface area contributed by atoms with Crippen LogP contribution in [0.5, 0.6) is 0 Å². The lowest BCUT2D eigenvalue weighted by molar-refractivity contribution is 0.433. The SMILES string of the molecule is CCCn1ncnc1CC1(CNCC)CC1. The van der Waals surface area contributed by atoms with Gasteiger partial charge in [0.2, 0.25) is 0 Å². The van der Waals surface area contributed by atoms with Gasteiger partial charge in [0.25, 0.3) is 0 Å².